The van der Waals surface area contributed by atoms with Gasteiger partial charge in [0.25, 0.3) is 0 Å². The molecule has 2 heteroatoms. The molecule has 1 fully saturated rings. The predicted molar refractivity (Wildman–Crippen MR) is 117 cm³/mol. The Kier molecular flexibility index (Phi) is 10.5. The van der Waals surface area contributed by atoms with Gasteiger partial charge in [-0.25, -0.2) is 5.01 Å². The normalized spacial score (nSPS) is 22.8. The van der Waals surface area contributed by atoms with Gasteiger partial charge in [-0.3, -0.25) is 5.84 Å². The van der Waals surface area contributed by atoms with E-state index in [1.54, 1.807) is 0 Å². The van der Waals surface area contributed by atoms with Crippen molar-refractivity contribution in [3.8, 4) is 0 Å². The molecular formula is C24H48N2. The third kappa shape index (κ3) is 7.35. The van der Waals surface area contributed by atoms with Crippen molar-refractivity contribution in [2.24, 2.45) is 34.9 Å². The van der Waals surface area contributed by atoms with Gasteiger partial charge in [-0.2, -0.15) is 0 Å². The van der Waals surface area contributed by atoms with E-state index in [0.29, 0.717) is 12.0 Å². The maximum atomic E-state index is 6.03. The van der Waals surface area contributed by atoms with Crippen LogP contribution in [0.1, 0.15) is 98.8 Å². The number of hydrazine groups is 1. The highest BCUT2D eigenvalue weighted by molar-refractivity contribution is 4.98. The standard InChI is InChI=1S/C24H48N2/c1-8-12-22(17-23-13-10-11-14-23)16-15-19(3)18-24(6,9-2)20(4)21(5)26(7)25/h9,19-23H,2,8,10-18,25H2,1,3-7H3. The molecule has 0 heterocycles. The second-order valence-electron chi connectivity index (χ2n) is 9.83. The molecule has 0 aliphatic heterocycles. The number of hydrogen-bond donors (Lipinski definition) is 1. The van der Waals surface area contributed by atoms with Crippen LogP contribution in [0.2, 0.25) is 0 Å². The van der Waals surface area contributed by atoms with Crippen LogP contribution in [-0.4, -0.2) is 18.1 Å². The van der Waals surface area contributed by atoms with Crippen molar-refractivity contribution in [3.05, 3.63) is 12.7 Å². The fourth-order valence-electron chi connectivity index (χ4n) is 5.24. The molecule has 2 N–H and O–H groups in total. The van der Waals surface area contributed by atoms with Crippen LogP contribution in [0, 0.1) is 29.1 Å². The molecule has 0 amide bonds. The van der Waals surface area contributed by atoms with Crippen LogP contribution in [0.25, 0.3) is 0 Å². The minimum Gasteiger partial charge on any atom is -0.269 e. The van der Waals surface area contributed by atoms with E-state index in [0.717, 1.165) is 17.8 Å². The van der Waals surface area contributed by atoms with Gasteiger partial charge in [0.05, 0.1) is 0 Å². The molecule has 1 rings (SSSR count). The smallest absolute Gasteiger partial charge is 0.0243 e. The summed E-state index contributed by atoms with van der Waals surface area (Å²) >= 11 is 0. The van der Waals surface area contributed by atoms with Gasteiger partial charge < -0.3 is 0 Å². The predicted octanol–water partition coefficient (Wildman–Crippen LogP) is 6.81. The lowest BCUT2D eigenvalue weighted by Crippen LogP contribution is -2.45. The molecule has 1 saturated carbocycles. The maximum Gasteiger partial charge on any atom is 0.0243 e. The maximum absolute atomic E-state index is 6.03. The lowest BCUT2D eigenvalue weighted by Gasteiger charge is -2.40. The number of allylic oxidation sites excluding steroid dienone is 1. The minimum absolute atomic E-state index is 0.151. The Bertz CT molecular complexity index is 386. The van der Waals surface area contributed by atoms with Crippen LogP contribution in [0.3, 0.4) is 0 Å². The molecule has 5 unspecified atom stereocenters. The summed E-state index contributed by atoms with van der Waals surface area (Å²) in [6.45, 7) is 15.9. The van der Waals surface area contributed by atoms with Crippen molar-refractivity contribution >= 4 is 0 Å². The minimum atomic E-state index is 0.151. The van der Waals surface area contributed by atoms with Crippen molar-refractivity contribution in [1.82, 2.24) is 5.01 Å². The van der Waals surface area contributed by atoms with Gasteiger partial charge in [0.1, 0.15) is 0 Å². The van der Waals surface area contributed by atoms with Gasteiger partial charge in [0, 0.05) is 13.1 Å². The van der Waals surface area contributed by atoms with E-state index in [1.807, 2.05) is 12.1 Å². The second-order valence-corrected chi connectivity index (χ2v) is 9.83. The van der Waals surface area contributed by atoms with Crippen molar-refractivity contribution in [1.29, 1.82) is 0 Å². The van der Waals surface area contributed by atoms with Crippen LogP contribution in [-0.2, 0) is 0 Å². The van der Waals surface area contributed by atoms with Gasteiger partial charge in [-0.15, -0.1) is 6.58 Å². The first-order chi connectivity index (χ1) is 12.2. The summed E-state index contributed by atoms with van der Waals surface area (Å²) in [5, 5.41) is 1.86. The van der Waals surface area contributed by atoms with E-state index in [-0.39, 0.29) is 5.41 Å². The molecule has 0 saturated heterocycles. The zero-order chi connectivity index (χ0) is 19.7. The summed E-state index contributed by atoms with van der Waals surface area (Å²) < 4.78 is 0. The third-order valence-electron chi connectivity index (χ3n) is 7.57. The van der Waals surface area contributed by atoms with E-state index >= 15 is 0 Å². The molecule has 0 aromatic heterocycles. The molecule has 0 aromatic rings. The molecule has 1 aliphatic rings. The van der Waals surface area contributed by atoms with Gasteiger partial charge in [0.15, 0.2) is 0 Å². The Labute approximate surface area is 165 Å². The zero-order valence-electron chi connectivity index (χ0n) is 18.8. The highest BCUT2D eigenvalue weighted by Gasteiger charge is 2.34. The van der Waals surface area contributed by atoms with Crippen LogP contribution in [0.4, 0.5) is 0 Å². The summed E-state index contributed by atoms with van der Waals surface area (Å²) in [6, 6.07) is 0.361. The van der Waals surface area contributed by atoms with E-state index in [9.17, 15) is 0 Å². The van der Waals surface area contributed by atoms with Gasteiger partial charge in [-0.05, 0) is 48.9 Å². The molecule has 1 aliphatic carbocycles. The lowest BCUT2D eigenvalue weighted by molar-refractivity contribution is 0.105. The topological polar surface area (TPSA) is 29.3 Å². The Morgan fingerprint density at radius 3 is 2.27 bits per heavy atom. The third-order valence-corrected chi connectivity index (χ3v) is 7.57. The van der Waals surface area contributed by atoms with Crippen LogP contribution < -0.4 is 5.84 Å². The Balaban J connectivity index is 2.54. The number of rotatable bonds is 13. The molecule has 0 bridgehead atoms. The average Bonchev–Trinajstić information content (AvgIpc) is 3.11. The number of nitrogens with two attached hydrogens (primary N) is 1. The molecule has 2 nitrogen and oxygen atoms in total. The van der Waals surface area contributed by atoms with Crippen LogP contribution in [0.5, 0.6) is 0 Å². The van der Waals surface area contributed by atoms with Gasteiger partial charge in [-0.1, -0.05) is 85.1 Å². The van der Waals surface area contributed by atoms with Crippen LogP contribution >= 0.6 is 0 Å². The summed E-state index contributed by atoms with van der Waals surface area (Å²) in [6.07, 6.45) is 16.4. The second kappa shape index (κ2) is 11.5. The summed E-state index contributed by atoms with van der Waals surface area (Å²) in [7, 11) is 1.98. The summed E-state index contributed by atoms with van der Waals surface area (Å²) in [5.74, 6) is 9.26. The van der Waals surface area contributed by atoms with Gasteiger partial charge in [0.2, 0.25) is 0 Å². The first kappa shape index (κ1) is 23.7. The summed E-state index contributed by atoms with van der Waals surface area (Å²) in [4.78, 5) is 0. The van der Waals surface area contributed by atoms with Crippen molar-refractivity contribution in [2.75, 3.05) is 7.05 Å². The number of hydrogen-bond acceptors (Lipinski definition) is 2. The lowest BCUT2D eigenvalue weighted by atomic mass is 9.68. The van der Waals surface area contributed by atoms with Crippen molar-refractivity contribution < 1.29 is 0 Å². The molecule has 26 heavy (non-hydrogen) atoms. The van der Waals surface area contributed by atoms with Crippen LogP contribution in [0.15, 0.2) is 12.7 Å². The van der Waals surface area contributed by atoms with Gasteiger partial charge >= 0.3 is 0 Å². The van der Waals surface area contributed by atoms with E-state index in [4.69, 9.17) is 5.84 Å². The first-order valence-electron chi connectivity index (χ1n) is 11.3. The molecule has 154 valence electrons. The molecule has 5 atom stereocenters. The van der Waals surface area contributed by atoms with Crippen molar-refractivity contribution in [3.63, 3.8) is 0 Å². The largest absolute Gasteiger partial charge is 0.269 e. The Morgan fingerprint density at radius 1 is 1.15 bits per heavy atom. The first-order valence-corrected chi connectivity index (χ1v) is 11.3. The van der Waals surface area contributed by atoms with E-state index < -0.39 is 0 Å². The number of nitrogens with zero attached hydrogens (tertiary/aromatic N) is 1. The van der Waals surface area contributed by atoms with E-state index in [2.05, 4.69) is 47.3 Å². The fraction of sp³-hybridized carbons (Fsp3) is 0.917. The monoisotopic (exact) mass is 364 g/mol. The average molecular weight is 365 g/mol. The molecule has 0 radical (unpaired) electrons. The van der Waals surface area contributed by atoms with E-state index in [1.165, 1.54) is 64.2 Å². The quantitative estimate of drug-likeness (QED) is 0.221. The highest BCUT2D eigenvalue weighted by atomic mass is 15.4. The SMILES string of the molecule is C=CC(C)(CC(C)CCC(CCC)CC1CCCC1)C(C)C(C)N(C)N. The fourth-order valence-corrected chi connectivity index (χ4v) is 5.24. The van der Waals surface area contributed by atoms with Crippen molar-refractivity contribution in [2.45, 2.75) is 105 Å². The zero-order valence-corrected chi connectivity index (χ0v) is 18.8. The Morgan fingerprint density at radius 2 is 1.77 bits per heavy atom. The highest BCUT2D eigenvalue weighted by Crippen LogP contribution is 2.40. The summed E-state index contributed by atoms with van der Waals surface area (Å²) in [5.41, 5.74) is 0.151. The molecular weight excluding hydrogens is 316 g/mol. The molecule has 0 spiro atoms. The Hall–Kier alpha value is -0.340. The molecule has 0 aromatic carbocycles.